The third-order valence-corrected chi connectivity index (χ3v) is 3.86. The Kier molecular flexibility index (Phi) is 4.73. The van der Waals surface area contributed by atoms with E-state index in [4.69, 9.17) is 5.26 Å². The fourth-order valence-electron chi connectivity index (χ4n) is 2.57. The Balaban J connectivity index is 2.02. The van der Waals surface area contributed by atoms with Crippen molar-refractivity contribution >= 4 is 5.69 Å². The van der Waals surface area contributed by atoms with Crippen molar-refractivity contribution in [2.45, 2.75) is 38.0 Å². The summed E-state index contributed by atoms with van der Waals surface area (Å²) in [4.78, 5) is 0. The zero-order chi connectivity index (χ0) is 15.5. The van der Waals surface area contributed by atoms with E-state index in [1.54, 1.807) is 6.07 Å². The lowest BCUT2D eigenvalue weighted by Crippen LogP contribution is -2.23. The first-order valence-electron chi connectivity index (χ1n) is 6.93. The zero-order valence-electron chi connectivity index (χ0n) is 11.5. The monoisotopic (exact) mass is 298 g/mol. The number of hydrogen-bond donors (Lipinski definition) is 2. The molecule has 2 N–H and O–H groups in total. The van der Waals surface area contributed by atoms with Crippen LogP contribution in [0.5, 0.6) is 0 Å². The second-order valence-corrected chi connectivity index (χ2v) is 5.43. The molecule has 0 aromatic heterocycles. The molecular weight excluding hydrogens is 281 g/mol. The number of rotatable bonds is 3. The Morgan fingerprint density at radius 3 is 2.48 bits per heavy atom. The molecule has 0 aliphatic heterocycles. The van der Waals surface area contributed by atoms with E-state index in [1.165, 1.54) is 6.07 Å². The molecule has 1 fully saturated rings. The summed E-state index contributed by atoms with van der Waals surface area (Å²) >= 11 is 0. The molecule has 3 nitrogen and oxygen atoms in total. The molecule has 1 aliphatic carbocycles. The summed E-state index contributed by atoms with van der Waals surface area (Å²) in [5, 5.41) is 21.5. The smallest absolute Gasteiger partial charge is 0.393 e. The highest BCUT2D eigenvalue weighted by Gasteiger charge is 2.31. The van der Waals surface area contributed by atoms with Gasteiger partial charge in [0.2, 0.25) is 0 Å². The van der Waals surface area contributed by atoms with Crippen LogP contribution in [0.1, 0.15) is 36.8 Å². The summed E-state index contributed by atoms with van der Waals surface area (Å²) in [6.07, 6.45) is -1.40. The van der Waals surface area contributed by atoms with Gasteiger partial charge in [0.25, 0.3) is 0 Å². The molecule has 1 aliphatic rings. The summed E-state index contributed by atoms with van der Waals surface area (Å²) in [5.41, 5.74) is -0.386. The Bertz CT molecular complexity index is 529. The molecule has 0 bridgehead atoms. The average molecular weight is 298 g/mol. The van der Waals surface area contributed by atoms with Crippen LogP contribution in [-0.2, 0) is 6.18 Å². The van der Waals surface area contributed by atoms with Crippen molar-refractivity contribution in [2.24, 2.45) is 5.92 Å². The van der Waals surface area contributed by atoms with Gasteiger partial charge in [-0.2, -0.15) is 18.4 Å². The number of hydrogen-bond acceptors (Lipinski definition) is 3. The first-order valence-corrected chi connectivity index (χ1v) is 6.93. The normalized spacial score (nSPS) is 22.6. The fraction of sp³-hybridized carbons (Fsp3) is 0.533. The van der Waals surface area contributed by atoms with E-state index < -0.39 is 11.7 Å². The number of aliphatic hydroxyl groups excluding tert-OH is 1. The minimum Gasteiger partial charge on any atom is -0.393 e. The molecule has 21 heavy (non-hydrogen) atoms. The molecule has 1 aromatic carbocycles. The van der Waals surface area contributed by atoms with Gasteiger partial charge in [0.15, 0.2) is 0 Å². The molecule has 0 unspecified atom stereocenters. The molecule has 1 aromatic rings. The second kappa shape index (κ2) is 6.35. The van der Waals surface area contributed by atoms with Crippen LogP contribution >= 0.6 is 0 Å². The topological polar surface area (TPSA) is 56.0 Å². The second-order valence-electron chi connectivity index (χ2n) is 5.43. The van der Waals surface area contributed by atoms with E-state index in [9.17, 15) is 18.3 Å². The van der Waals surface area contributed by atoms with Gasteiger partial charge in [-0.25, -0.2) is 0 Å². The zero-order valence-corrected chi connectivity index (χ0v) is 11.5. The molecule has 0 saturated heterocycles. The molecule has 114 valence electrons. The van der Waals surface area contributed by atoms with Gasteiger partial charge >= 0.3 is 6.18 Å². The third kappa shape index (κ3) is 4.11. The van der Waals surface area contributed by atoms with Gasteiger partial charge in [0, 0.05) is 6.54 Å². The quantitative estimate of drug-likeness (QED) is 0.897. The summed E-state index contributed by atoms with van der Waals surface area (Å²) in [6.45, 7) is 0.604. The largest absolute Gasteiger partial charge is 0.416 e. The van der Waals surface area contributed by atoms with E-state index in [2.05, 4.69) is 5.32 Å². The van der Waals surface area contributed by atoms with Crippen molar-refractivity contribution in [3.8, 4) is 6.07 Å². The van der Waals surface area contributed by atoms with E-state index in [0.29, 0.717) is 18.2 Å². The van der Waals surface area contributed by atoms with Crippen LogP contribution in [0.2, 0.25) is 0 Å². The van der Waals surface area contributed by atoms with Crippen molar-refractivity contribution in [3.63, 3.8) is 0 Å². The third-order valence-electron chi connectivity index (χ3n) is 3.86. The highest BCUT2D eigenvalue weighted by Crippen LogP contribution is 2.32. The van der Waals surface area contributed by atoms with Crippen LogP contribution in [0.4, 0.5) is 18.9 Å². The molecule has 1 saturated carbocycles. The number of nitrogens with one attached hydrogen (secondary N) is 1. The maximum Gasteiger partial charge on any atom is 0.416 e. The maximum absolute atomic E-state index is 12.6. The lowest BCUT2D eigenvalue weighted by Gasteiger charge is -2.26. The predicted molar refractivity (Wildman–Crippen MR) is 72.6 cm³/mol. The van der Waals surface area contributed by atoms with Gasteiger partial charge in [-0.1, -0.05) is 0 Å². The van der Waals surface area contributed by atoms with Crippen molar-refractivity contribution in [1.82, 2.24) is 0 Å². The number of halogens is 3. The van der Waals surface area contributed by atoms with Crippen molar-refractivity contribution in [2.75, 3.05) is 11.9 Å². The van der Waals surface area contributed by atoms with Gasteiger partial charge in [-0.15, -0.1) is 0 Å². The summed E-state index contributed by atoms with van der Waals surface area (Å²) < 4.78 is 37.8. The summed E-state index contributed by atoms with van der Waals surface area (Å²) in [7, 11) is 0. The van der Waals surface area contributed by atoms with Crippen LogP contribution in [-0.4, -0.2) is 17.8 Å². The molecule has 0 radical (unpaired) electrons. The Hall–Kier alpha value is -1.74. The molecule has 0 spiro atoms. The van der Waals surface area contributed by atoms with Gasteiger partial charge < -0.3 is 10.4 Å². The van der Waals surface area contributed by atoms with Gasteiger partial charge in [-0.3, -0.25) is 0 Å². The minimum absolute atomic E-state index is 0.000620. The van der Waals surface area contributed by atoms with E-state index in [0.717, 1.165) is 37.8 Å². The van der Waals surface area contributed by atoms with Gasteiger partial charge in [0.1, 0.15) is 6.07 Å². The van der Waals surface area contributed by atoms with Gasteiger partial charge in [0.05, 0.1) is 22.9 Å². The lowest BCUT2D eigenvalue weighted by molar-refractivity contribution is -0.137. The molecule has 6 heteroatoms. The molecule has 2 rings (SSSR count). The van der Waals surface area contributed by atoms with E-state index in [1.807, 2.05) is 0 Å². The number of nitriles is 1. The van der Waals surface area contributed by atoms with Crippen LogP contribution in [0.3, 0.4) is 0 Å². The molecule has 0 amide bonds. The van der Waals surface area contributed by atoms with E-state index >= 15 is 0 Å². The lowest BCUT2D eigenvalue weighted by atomic mass is 9.87. The first kappa shape index (κ1) is 15.6. The molecule has 0 atom stereocenters. The van der Waals surface area contributed by atoms with Crippen molar-refractivity contribution in [1.29, 1.82) is 5.26 Å². The first-order chi connectivity index (χ1) is 9.90. The average Bonchev–Trinajstić information content (AvgIpc) is 2.45. The number of alkyl halides is 3. The number of nitrogens with zero attached hydrogens (tertiary/aromatic N) is 1. The number of benzene rings is 1. The van der Waals surface area contributed by atoms with Crippen LogP contribution < -0.4 is 5.32 Å². The molecule has 0 heterocycles. The number of aliphatic hydroxyl groups is 1. The van der Waals surface area contributed by atoms with Crippen molar-refractivity contribution < 1.29 is 18.3 Å². The minimum atomic E-state index is -4.44. The maximum atomic E-state index is 12.6. The highest BCUT2D eigenvalue weighted by molar-refractivity contribution is 5.59. The SMILES string of the molecule is N#Cc1cc(C(F)(F)F)ccc1NCC1CCC(O)CC1. The Morgan fingerprint density at radius 2 is 1.90 bits per heavy atom. The fourth-order valence-corrected chi connectivity index (χ4v) is 2.57. The van der Waals surface area contributed by atoms with Crippen LogP contribution in [0.25, 0.3) is 0 Å². The highest BCUT2D eigenvalue weighted by atomic mass is 19.4. The van der Waals surface area contributed by atoms with Crippen LogP contribution in [0.15, 0.2) is 18.2 Å². The van der Waals surface area contributed by atoms with Crippen molar-refractivity contribution in [3.05, 3.63) is 29.3 Å². The Labute approximate surface area is 121 Å². The standard InChI is InChI=1S/C15H17F3N2O/c16-15(17,18)12-3-6-14(11(7-12)8-19)20-9-10-1-4-13(21)5-2-10/h3,6-7,10,13,20-21H,1-2,4-5,9H2. The van der Waals surface area contributed by atoms with E-state index in [-0.39, 0.29) is 11.7 Å². The van der Waals surface area contributed by atoms with Crippen LogP contribution in [0, 0.1) is 17.2 Å². The summed E-state index contributed by atoms with van der Waals surface area (Å²) in [5.74, 6) is 0.377. The number of anilines is 1. The summed E-state index contributed by atoms with van der Waals surface area (Å²) in [6, 6.07) is 4.95. The Morgan fingerprint density at radius 1 is 1.24 bits per heavy atom. The molecular formula is C15H17F3N2O. The van der Waals surface area contributed by atoms with Gasteiger partial charge in [-0.05, 0) is 49.8 Å². The predicted octanol–water partition coefficient (Wildman–Crippen LogP) is 3.54.